The third-order valence-electron chi connectivity index (χ3n) is 2.48. The van der Waals surface area contributed by atoms with Crippen LogP contribution in [0.3, 0.4) is 0 Å². The molecule has 0 spiro atoms. The predicted octanol–water partition coefficient (Wildman–Crippen LogP) is 2.22. The Morgan fingerprint density at radius 2 is 2.27 bits per heavy atom. The van der Waals surface area contributed by atoms with E-state index in [1.165, 1.54) is 18.9 Å². The molecule has 2 nitrogen and oxygen atoms in total. The molecule has 0 saturated carbocycles. The minimum atomic E-state index is -0.991. The van der Waals surface area contributed by atoms with Crippen molar-refractivity contribution in [1.82, 2.24) is 0 Å². The first-order valence-electron chi connectivity index (χ1n) is 5.56. The van der Waals surface area contributed by atoms with Gasteiger partial charge in [0.1, 0.15) is 5.60 Å². The summed E-state index contributed by atoms with van der Waals surface area (Å²) in [5, 5.41) is 9.85. The first kappa shape index (κ1) is 12.0. The summed E-state index contributed by atoms with van der Waals surface area (Å²) in [5.74, 6) is 5.97. The van der Waals surface area contributed by atoms with Gasteiger partial charge in [0.2, 0.25) is 0 Å². The fraction of sp³-hybridized carbons (Fsp3) is 0.615. The number of hydrogen-bond donors (Lipinski definition) is 1. The molecule has 0 aromatic carbocycles. The van der Waals surface area contributed by atoms with Crippen molar-refractivity contribution in [1.29, 1.82) is 0 Å². The molecule has 15 heavy (non-hydrogen) atoms. The highest BCUT2D eigenvalue weighted by molar-refractivity contribution is 5.93. The van der Waals surface area contributed by atoms with Gasteiger partial charge in [-0.2, -0.15) is 0 Å². The number of rotatable bonds is 4. The van der Waals surface area contributed by atoms with Crippen LogP contribution in [0.15, 0.2) is 12.2 Å². The third-order valence-corrected chi connectivity index (χ3v) is 2.48. The van der Waals surface area contributed by atoms with Crippen molar-refractivity contribution in [2.75, 3.05) is 0 Å². The second-order valence-corrected chi connectivity index (χ2v) is 4.07. The number of unbranched alkanes of at least 4 members (excludes halogenated alkanes) is 3. The van der Waals surface area contributed by atoms with E-state index in [0.29, 0.717) is 6.42 Å². The fourth-order valence-corrected chi connectivity index (χ4v) is 1.56. The van der Waals surface area contributed by atoms with Crippen molar-refractivity contribution in [2.24, 2.45) is 0 Å². The van der Waals surface area contributed by atoms with Crippen molar-refractivity contribution in [3.8, 4) is 11.8 Å². The van der Waals surface area contributed by atoms with E-state index in [1.54, 1.807) is 6.08 Å². The topological polar surface area (TPSA) is 37.3 Å². The summed E-state index contributed by atoms with van der Waals surface area (Å²) in [5.41, 5.74) is -0.991. The van der Waals surface area contributed by atoms with Gasteiger partial charge in [0.25, 0.3) is 0 Å². The van der Waals surface area contributed by atoms with Crippen molar-refractivity contribution < 1.29 is 9.90 Å². The summed E-state index contributed by atoms with van der Waals surface area (Å²) in [6.45, 7) is 2.16. The van der Waals surface area contributed by atoms with Gasteiger partial charge in [0, 0.05) is 19.3 Å². The van der Waals surface area contributed by atoms with Crippen molar-refractivity contribution in [3.05, 3.63) is 12.2 Å². The molecule has 0 heterocycles. The highest BCUT2D eigenvalue weighted by Crippen LogP contribution is 2.22. The van der Waals surface area contributed by atoms with E-state index in [4.69, 9.17) is 0 Å². The Hall–Kier alpha value is -1.07. The van der Waals surface area contributed by atoms with E-state index < -0.39 is 5.60 Å². The van der Waals surface area contributed by atoms with Crippen LogP contribution >= 0.6 is 0 Å². The largest absolute Gasteiger partial charge is 0.384 e. The molecule has 2 heteroatoms. The molecule has 1 N–H and O–H groups in total. The minimum Gasteiger partial charge on any atom is -0.384 e. The van der Waals surface area contributed by atoms with Crippen LogP contribution in [0.5, 0.6) is 0 Å². The number of carbonyl (C=O) groups is 1. The predicted molar refractivity (Wildman–Crippen MR) is 60.2 cm³/mol. The molecule has 0 fully saturated rings. The van der Waals surface area contributed by atoms with Gasteiger partial charge in [0.05, 0.1) is 0 Å². The Labute approximate surface area is 91.4 Å². The monoisotopic (exact) mass is 206 g/mol. The number of allylic oxidation sites excluding steroid dienone is 1. The second kappa shape index (κ2) is 5.72. The van der Waals surface area contributed by atoms with Crippen LogP contribution in [-0.2, 0) is 4.79 Å². The van der Waals surface area contributed by atoms with Crippen molar-refractivity contribution in [3.63, 3.8) is 0 Å². The average molecular weight is 206 g/mol. The van der Waals surface area contributed by atoms with E-state index in [-0.39, 0.29) is 12.2 Å². The summed E-state index contributed by atoms with van der Waals surface area (Å²) in [7, 11) is 0. The lowest BCUT2D eigenvalue weighted by Gasteiger charge is -2.14. The third kappa shape index (κ3) is 4.31. The number of ketones is 1. The molecule has 1 atom stereocenters. The first-order valence-corrected chi connectivity index (χ1v) is 5.56. The van der Waals surface area contributed by atoms with E-state index in [0.717, 1.165) is 12.8 Å². The average Bonchev–Trinajstić information content (AvgIpc) is 2.53. The Morgan fingerprint density at radius 3 is 2.87 bits per heavy atom. The number of hydrogen-bond acceptors (Lipinski definition) is 2. The van der Waals surface area contributed by atoms with E-state index in [9.17, 15) is 9.90 Å². The SMILES string of the molecule is CCCCCC#CCC1(O)C=CC(=O)C1. The molecule has 1 unspecified atom stereocenters. The lowest BCUT2D eigenvalue weighted by molar-refractivity contribution is -0.116. The summed E-state index contributed by atoms with van der Waals surface area (Å²) in [6, 6.07) is 0. The van der Waals surface area contributed by atoms with E-state index >= 15 is 0 Å². The lowest BCUT2D eigenvalue weighted by Crippen LogP contribution is -2.23. The fourth-order valence-electron chi connectivity index (χ4n) is 1.56. The molecule has 0 bridgehead atoms. The van der Waals surface area contributed by atoms with Gasteiger partial charge in [-0.25, -0.2) is 0 Å². The maximum atomic E-state index is 10.9. The zero-order valence-corrected chi connectivity index (χ0v) is 9.25. The van der Waals surface area contributed by atoms with Crippen molar-refractivity contribution in [2.45, 2.75) is 51.0 Å². The van der Waals surface area contributed by atoms with E-state index in [2.05, 4.69) is 18.8 Å². The highest BCUT2D eigenvalue weighted by Gasteiger charge is 2.30. The highest BCUT2D eigenvalue weighted by atomic mass is 16.3. The van der Waals surface area contributed by atoms with Crippen LogP contribution in [0.4, 0.5) is 0 Å². The summed E-state index contributed by atoms with van der Waals surface area (Å²) in [4.78, 5) is 10.9. The molecule has 0 amide bonds. The molecule has 1 aliphatic carbocycles. The van der Waals surface area contributed by atoms with Gasteiger partial charge < -0.3 is 5.11 Å². The normalized spacial score (nSPS) is 24.0. The number of aliphatic hydroxyl groups is 1. The van der Waals surface area contributed by atoms with Crippen LogP contribution < -0.4 is 0 Å². The Kier molecular flexibility index (Phi) is 4.58. The van der Waals surface area contributed by atoms with Gasteiger partial charge in [-0.1, -0.05) is 25.7 Å². The summed E-state index contributed by atoms with van der Waals surface area (Å²) >= 11 is 0. The van der Waals surface area contributed by atoms with Gasteiger partial charge in [-0.3, -0.25) is 4.79 Å². The first-order chi connectivity index (χ1) is 7.16. The standard InChI is InChI=1S/C13H18O2/c1-2-3-4-5-6-7-9-13(15)10-8-12(14)11-13/h8,10,15H,2-5,9,11H2,1H3. The Morgan fingerprint density at radius 1 is 1.47 bits per heavy atom. The van der Waals surface area contributed by atoms with Gasteiger partial charge in [-0.05, 0) is 18.6 Å². The zero-order valence-electron chi connectivity index (χ0n) is 9.25. The quantitative estimate of drug-likeness (QED) is 0.565. The molecule has 0 radical (unpaired) electrons. The number of carbonyl (C=O) groups excluding carboxylic acids is 1. The molecule has 0 aromatic rings. The second-order valence-electron chi connectivity index (χ2n) is 4.07. The van der Waals surface area contributed by atoms with Crippen LogP contribution in [0, 0.1) is 11.8 Å². The van der Waals surface area contributed by atoms with Gasteiger partial charge in [-0.15, -0.1) is 5.92 Å². The molecule has 0 aromatic heterocycles. The Balaban J connectivity index is 2.24. The van der Waals surface area contributed by atoms with Crippen LogP contribution in [0.25, 0.3) is 0 Å². The van der Waals surface area contributed by atoms with Crippen LogP contribution in [0.2, 0.25) is 0 Å². The smallest absolute Gasteiger partial charge is 0.158 e. The van der Waals surface area contributed by atoms with Crippen LogP contribution in [-0.4, -0.2) is 16.5 Å². The maximum Gasteiger partial charge on any atom is 0.158 e. The summed E-state index contributed by atoms with van der Waals surface area (Å²) < 4.78 is 0. The zero-order chi connectivity index (χ0) is 11.1. The van der Waals surface area contributed by atoms with E-state index in [1.807, 2.05) is 0 Å². The molecular weight excluding hydrogens is 188 g/mol. The van der Waals surface area contributed by atoms with Gasteiger partial charge >= 0.3 is 0 Å². The lowest BCUT2D eigenvalue weighted by atomic mass is 9.99. The Bertz CT molecular complexity index is 306. The molecule has 82 valence electrons. The maximum absolute atomic E-state index is 10.9. The molecule has 1 aliphatic rings. The molecule has 0 saturated heterocycles. The molecular formula is C13H18O2. The van der Waals surface area contributed by atoms with Crippen molar-refractivity contribution >= 4 is 5.78 Å². The minimum absolute atomic E-state index is 0.00900. The molecule has 0 aliphatic heterocycles. The van der Waals surface area contributed by atoms with Crippen LogP contribution in [0.1, 0.15) is 45.4 Å². The molecule has 1 rings (SSSR count). The van der Waals surface area contributed by atoms with Gasteiger partial charge in [0.15, 0.2) is 5.78 Å². The summed E-state index contributed by atoms with van der Waals surface area (Å²) in [6.07, 6.45) is 7.99.